The second-order valence-corrected chi connectivity index (χ2v) is 5.73. The minimum absolute atomic E-state index is 0.0304. The first-order valence-electron chi connectivity index (χ1n) is 6.20. The molecule has 0 aromatic carbocycles. The summed E-state index contributed by atoms with van der Waals surface area (Å²) in [4.78, 5) is 16.6. The highest BCUT2D eigenvalue weighted by Crippen LogP contribution is 2.28. The molecule has 1 aliphatic carbocycles. The molecule has 1 amide bonds. The molecule has 1 aliphatic rings. The van der Waals surface area contributed by atoms with Crippen molar-refractivity contribution in [2.45, 2.75) is 36.2 Å². The van der Waals surface area contributed by atoms with Crippen LogP contribution in [0.1, 0.15) is 25.7 Å². The van der Waals surface area contributed by atoms with Crippen LogP contribution in [0.4, 0.5) is 0 Å². The van der Waals surface area contributed by atoms with E-state index in [1.165, 1.54) is 11.8 Å². The molecule has 0 atom stereocenters. The Morgan fingerprint density at radius 1 is 1.39 bits per heavy atom. The van der Waals surface area contributed by atoms with E-state index in [0.717, 1.165) is 30.6 Å². The predicted octanol–water partition coefficient (Wildman–Crippen LogP) is 1.59. The summed E-state index contributed by atoms with van der Waals surface area (Å²) in [5, 5.41) is 12.9. The van der Waals surface area contributed by atoms with Gasteiger partial charge >= 0.3 is 0 Å². The molecule has 0 aliphatic heterocycles. The van der Waals surface area contributed by atoms with Crippen LogP contribution in [-0.4, -0.2) is 33.9 Å². The van der Waals surface area contributed by atoms with E-state index in [1.54, 1.807) is 12.4 Å². The van der Waals surface area contributed by atoms with Crippen LogP contribution in [0.15, 0.2) is 29.4 Å². The molecule has 2 N–H and O–H groups in total. The van der Waals surface area contributed by atoms with Gasteiger partial charge in [0.1, 0.15) is 0 Å². The lowest BCUT2D eigenvalue weighted by atomic mass is 10.0. The number of pyridine rings is 1. The largest absolute Gasteiger partial charge is 0.388 e. The smallest absolute Gasteiger partial charge is 0.230 e. The van der Waals surface area contributed by atoms with E-state index in [0.29, 0.717) is 12.3 Å². The Bertz CT molecular complexity index is 391. The molecular weight excluding hydrogens is 248 g/mol. The maximum absolute atomic E-state index is 11.7. The quantitative estimate of drug-likeness (QED) is 0.795. The molecular formula is C13H18N2O2S. The Hall–Kier alpha value is -1.07. The number of nitrogens with one attached hydrogen (secondary N) is 1. The standard InChI is InChI=1S/C13H18N2O2S/c16-12(9-18-11-3-7-14-8-4-11)15-10-13(17)5-1-2-6-13/h3-4,7-8,17H,1-2,5-6,9-10H2,(H,15,16). The van der Waals surface area contributed by atoms with E-state index >= 15 is 0 Å². The maximum Gasteiger partial charge on any atom is 0.230 e. The van der Waals surface area contributed by atoms with Crippen LogP contribution < -0.4 is 5.32 Å². The number of hydrogen-bond donors (Lipinski definition) is 2. The fourth-order valence-electron chi connectivity index (χ4n) is 2.11. The lowest BCUT2D eigenvalue weighted by Gasteiger charge is -2.22. The molecule has 0 unspecified atom stereocenters. The second-order valence-electron chi connectivity index (χ2n) is 4.68. The van der Waals surface area contributed by atoms with Gasteiger partial charge in [0.05, 0.1) is 11.4 Å². The van der Waals surface area contributed by atoms with Crippen LogP contribution in [0.25, 0.3) is 0 Å². The van der Waals surface area contributed by atoms with Gasteiger partial charge in [0.15, 0.2) is 0 Å². The summed E-state index contributed by atoms with van der Waals surface area (Å²) in [6, 6.07) is 3.75. The van der Waals surface area contributed by atoms with Gasteiger partial charge in [0.2, 0.25) is 5.91 Å². The topological polar surface area (TPSA) is 62.2 Å². The monoisotopic (exact) mass is 266 g/mol. The molecule has 1 heterocycles. The molecule has 2 rings (SSSR count). The Labute approximate surface area is 111 Å². The van der Waals surface area contributed by atoms with Crippen molar-refractivity contribution in [2.24, 2.45) is 0 Å². The first-order valence-corrected chi connectivity index (χ1v) is 7.18. The van der Waals surface area contributed by atoms with Gasteiger partial charge in [-0.05, 0) is 25.0 Å². The minimum atomic E-state index is -0.670. The summed E-state index contributed by atoms with van der Waals surface area (Å²) in [6.07, 6.45) is 7.12. The average Bonchev–Trinajstić information content (AvgIpc) is 2.83. The van der Waals surface area contributed by atoms with Gasteiger partial charge in [-0.1, -0.05) is 12.8 Å². The fourth-order valence-corrected chi connectivity index (χ4v) is 2.82. The highest BCUT2D eigenvalue weighted by molar-refractivity contribution is 8.00. The van der Waals surface area contributed by atoms with Crippen molar-refractivity contribution in [1.82, 2.24) is 10.3 Å². The van der Waals surface area contributed by atoms with Gasteiger partial charge in [-0.3, -0.25) is 9.78 Å². The lowest BCUT2D eigenvalue weighted by molar-refractivity contribution is -0.119. The Kier molecular flexibility index (Phi) is 4.60. The summed E-state index contributed by atoms with van der Waals surface area (Å²) >= 11 is 1.48. The van der Waals surface area contributed by atoms with Crippen LogP contribution in [0.3, 0.4) is 0 Å². The van der Waals surface area contributed by atoms with Gasteiger partial charge < -0.3 is 10.4 Å². The summed E-state index contributed by atoms with van der Waals surface area (Å²) < 4.78 is 0. The van der Waals surface area contributed by atoms with Crippen LogP contribution in [0.5, 0.6) is 0 Å². The molecule has 5 heteroatoms. The SMILES string of the molecule is O=C(CSc1ccncc1)NCC1(O)CCCC1. The maximum atomic E-state index is 11.7. The number of carbonyl (C=O) groups excluding carboxylic acids is 1. The summed E-state index contributed by atoms with van der Waals surface area (Å²) in [5.41, 5.74) is -0.670. The molecule has 0 saturated heterocycles. The Balaban J connectivity index is 1.69. The summed E-state index contributed by atoms with van der Waals surface area (Å²) in [5.74, 6) is 0.345. The molecule has 1 fully saturated rings. The first-order chi connectivity index (χ1) is 8.68. The van der Waals surface area contributed by atoms with Gasteiger partial charge in [-0.15, -0.1) is 11.8 Å². The summed E-state index contributed by atoms with van der Waals surface area (Å²) in [7, 11) is 0. The van der Waals surface area contributed by atoms with Crippen molar-refractivity contribution in [3.8, 4) is 0 Å². The highest BCUT2D eigenvalue weighted by Gasteiger charge is 2.31. The van der Waals surface area contributed by atoms with Gasteiger partial charge in [-0.2, -0.15) is 0 Å². The number of carbonyl (C=O) groups is 1. The number of nitrogens with zero attached hydrogens (tertiary/aromatic N) is 1. The van der Waals surface area contributed by atoms with Crippen molar-refractivity contribution < 1.29 is 9.90 Å². The van der Waals surface area contributed by atoms with Crippen LogP contribution in [0, 0.1) is 0 Å². The van der Waals surface area contributed by atoms with Crippen LogP contribution in [0.2, 0.25) is 0 Å². The molecule has 1 aromatic heterocycles. The van der Waals surface area contributed by atoms with Crippen molar-refractivity contribution >= 4 is 17.7 Å². The zero-order valence-electron chi connectivity index (χ0n) is 10.3. The van der Waals surface area contributed by atoms with Crippen molar-refractivity contribution in [2.75, 3.05) is 12.3 Å². The lowest BCUT2D eigenvalue weighted by Crippen LogP contribution is -2.41. The fraction of sp³-hybridized carbons (Fsp3) is 0.538. The zero-order valence-corrected chi connectivity index (χ0v) is 11.1. The van der Waals surface area contributed by atoms with E-state index in [4.69, 9.17) is 0 Å². The predicted molar refractivity (Wildman–Crippen MR) is 71.4 cm³/mol. The second kappa shape index (κ2) is 6.20. The van der Waals surface area contributed by atoms with Gasteiger partial charge in [0.25, 0.3) is 0 Å². The van der Waals surface area contributed by atoms with E-state index in [9.17, 15) is 9.90 Å². The molecule has 0 bridgehead atoms. The molecule has 1 aromatic rings. The molecule has 0 spiro atoms. The third kappa shape index (κ3) is 3.99. The Morgan fingerprint density at radius 2 is 2.06 bits per heavy atom. The molecule has 1 saturated carbocycles. The van der Waals surface area contributed by atoms with Gasteiger partial charge in [0, 0.05) is 23.8 Å². The summed E-state index contributed by atoms with van der Waals surface area (Å²) in [6.45, 7) is 0.378. The number of aromatic nitrogens is 1. The number of aliphatic hydroxyl groups is 1. The molecule has 98 valence electrons. The molecule has 0 radical (unpaired) electrons. The number of hydrogen-bond acceptors (Lipinski definition) is 4. The highest BCUT2D eigenvalue weighted by atomic mass is 32.2. The normalized spacial score (nSPS) is 17.6. The van der Waals surface area contributed by atoms with E-state index < -0.39 is 5.60 Å². The van der Waals surface area contributed by atoms with Gasteiger partial charge in [-0.25, -0.2) is 0 Å². The third-order valence-corrected chi connectivity index (χ3v) is 4.18. The van der Waals surface area contributed by atoms with Crippen molar-refractivity contribution in [3.05, 3.63) is 24.5 Å². The average molecular weight is 266 g/mol. The number of rotatable bonds is 5. The third-order valence-electron chi connectivity index (χ3n) is 3.17. The minimum Gasteiger partial charge on any atom is -0.388 e. The van der Waals surface area contributed by atoms with E-state index in [2.05, 4.69) is 10.3 Å². The van der Waals surface area contributed by atoms with E-state index in [-0.39, 0.29) is 5.91 Å². The number of amides is 1. The van der Waals surface area contributed by atoms with Crippen molar-refractivity contribution in [1.29, 1.82) is 0 Å². The Morgan fingerprint density at radius 3 is 2.72 bits per heavy atom. The van der Waals surface area contributed by atoms with Crippen LogP contribution in [-0.2, 0) is 4.79 Å². The van der Waals surface area contributed by atoms with Crippen LogP contribution >= 0.6 is 11.8 Å². The first kappa shape index (κ1) is 13.4. The zero-order chi connectivity index (χ0) is 12.8. The van der Waals surface area contributed by atoms with E-state index in [1.807, 2.05) is 12.1 Å². The molecule has 18 heavy (non-hydrogen) atoms. The molecule has 4 nitrogen and oxygen atoms in total. The number of thioether (sulfide) groups is 1. The van der Waals surface area contributed by atoms with Crippen molar-refractivity contribution in [3.63, 3.8) is 0 Å².